The SMILES string of the molecule is Cc1ccc(N2C[C@@H](C(=O)N(C)Cc3cnn(C)c3)CC2=O)c(F)c1. The second-order valence-corrected chi connectivity index (χ2v) is 6.58. The number of carbonyl (C=O) groups excluding carboxylic acids is 2. The van der Waals surface area contributed by atoms with Crippen molar-refractivity contribution in [3.63, 3.8) is 0 Å². The van der Waals surface area contributed by atoms with Crippen molar-refractivity contribution in [1.29, 1.82) is 0 Å². The standard InChI is InChI=1S/C18H21FN4O2/c1-12-4-5-16(15(19)6-12)23-11-14(7-17(23)24)18(25)21(2)9-13-8-20-22(3)10-13/h4-6,8,10,14H,7,9,11H2,1-3H3/t14-/m0/s1. The summed E-state index contributed by atoms with van der Waals surface area (Å²) in [5.41, 5.74) is 1.95. The third kappa shape index (κ3) is 3.55. The van der Waals surface area contributed by atoms with Gasteiger partial charge in [-0.1, -0.05) is 6.07 Å². The van der Waals surface area contributed by atoms with Gasteiger partial charge in [0.05, 0.1) is 17.8 Å². The molecule has 3 rings (SSSR count). The van der Waals surface area contributed by atoms with Crippen LogP contribution in [0.4, 0.5) is 10.1 Å². The monoisotopic (exact) mass is 344 g/mol. The zero-order chi connectivity index (χ0) is 18.1. The van der Waals surface area contributed by atoms with Crippen molar-refractivity contribution in [2.24, 2.45) is 13.0 Å². The quantitative estimate of drug-likeness (QED) is 0.851. The summed E-state index contributed by atoms with van der Waals surface area (Å²) in [5.74, 6) is -1.25. The Kier molecular flexibility index (Phi) is 4.57. The second-order valence-electron chi connectivity index (χ2n) is 6.58. The van der Waals surface area contributed by atoms with Crippen LogP contribution in [0.5, 0.6) is 0 Å². The largest absolute Gasteiger partial charge is 0.341 e. The molecule has 7 heteroatoms. The van der Waals surface area contributed by atoms with E-state index >= 15 is 0 Å². The van der Waals surface area contributed by atoms with E-state index in [-0.39, 0.29) is 30.5 Å². The number of amides is 2. The first-order chi connectivity index (χ1) is 11.8. The van der Waals surface area contributed by atoms with Crippen LogP contribution in [0.15, 0.2) is 30.6 Å². The second kappa shape index (κ2) is 6.66. The zero-order valence-corrected chi connectivity index (χ0v) is 14.6. The third-order valence-electron chi connectivity index (χ3n) is 4.42. The highest BCUT2D eigenvalue weighted by atomic mass is 19.1. The Balaban J connectivity index is 1.69. The number of anilines is 1. The van der Waals surface area contributed by atoms with Crippen LogP contribution in [0.25, 0.3) is 0 Å². The summed E-state index contributed by atoms with van der Waals surface area (Å²) in [5, 5.41) is 4.08. The molecule has 1 aromatic carbocycles. The van der Waals surface area contributed by atoms with E-state index in [1.807, 2.05) is 13.2 Å². The van der Waals surface area contributed by atoms with E-state index < -0.39 is 11.7 Å². The van der Waals surface area contributed by atoms with Gasteiger partial charge in [0.25, 0.3) is 0 Å². The molecule has 0 bridgehead atoms. The molecule has 1 aliphatic heterocycles. The predicted octanol–water partition coefficient (Wildman–Crippen LogP) is 1.88. The molecule has 0 unspecified atom stereocenters. The molecule has 2 amide bonds. The number of hydrogen-bond acceptors (Lipinski definition) is 3. The molecule has 1 saturated heterocycles. The molecule has 2 aromatic rings. The number of halogens is 1. The molecule has 6 nitrogen and oxygen atoms in total. The van der Waals surface area contributed by atoms with Crippen LogP contribution in [0, 0.1) is 18.7 Å². The van der Waals surface area contributed by atoms with Gasteiger partial charge in [-0.15, -0.1) is 0 Å². The van der Waals surface area contributed by atoms with Gasteiger partial charge in [-0.25, -0.2) is 4.39 Å². The molecule has 1 aromatic heterocycles. The summed E-state index contributed by atoms with van der Waals surface area (Å²) in [4.78, 5) is 27.9. The van der Waals surface area contributed by atoms with Crippen molar-refractivity contribution < 1.29 is 14.0 Å². The zero-order valence-electron chi connectivity index (χ0n) is 14.6. The average molecular weight is 344 g/mol. The van der Waals surface area contributed by atoms with Gasteiger partial charge >= 0.3 is 0 Å². The first-order valence-electron chi connectivity index (χ1n) is 8.14. The summed E-state index contributed by atoms with van der Waals surface area (Å²) in [7, 11) is 3.52. The lowest BCUT2D eigenvalue weighted by Crippen LogP contribution is -2.34. The molecule has 0 aliphatic carbocycles. The fraction of sp³-hybridized carbons (Fsp3) is 0.389. The molecule has 1 atom stereocenters. The fourth-order valence-electron chi connectivity index (χ4n) is 3.15. The van der Waals surface area contributed by atoms with Crippen LogP contribution >= 0.6 is 0 Å². The Morgan fingerprint density at radius 1 is 1.44 bits per heavy atom. The number of hydrogen-bond donors (Lipinski definition) is 0. The van der Waals surface area contributed by atoms with Crippen LogP contribution in [0.2, 0.25) is 0 Å². The van der Waals surface area contributed by atoms with Crippen molar-refractivity contribution in [3.8, 4) is 0 Å². The Hall–Kier alpha value is -2.70. The van der Waals surface area contributed by atoms with Gasteiger partial charge in [-0.3, -0.25) is 14.3 Å². The minimum atomic E-state index is -0.463. The number of aromatic nitrogens is 2. The summed E-state index contributed by atoms with van der Waals surface area (Å²) in [6, 6.07) is 4.75. The summed E-state index contributed by atoms with van der Waals surface area (Å²) >= 11 is 0. The van der Waals surface area contributed by atoms with Crippen molar-refractivity contribution in [1.82, 2.24) is 14.7 Å². The molecule has 1 fully saturated rings. The topological polar surface area (TPSA) is 58.4 Å². The molecular formula is C18H21FN4O2. The van der Waals surface area contributed by atoms with Crippen molar-refractivity contribution in [3.05, 3.63) is 47.5 Å². The van der Waals surface area contributed by atoms with E-state index in [1.54, 1.807) is 41.9 Å². The summed E-state index contributed by atoms with van der Waals surface area (Å²) in [6.45, 7) is 2.42. The molecule has 2 heterocycles. The summed E-state index contributed by atoms with van der Waals surface area (Å²) in [6.07, 6.45) is 3.65. The van der Waals surface area contributed by atoms with Gasteiger partial charge in [-0.05, 0) is 24.6 Å². The fourth-order valence-corrected chi connectivity index (χ4v) is 3.15. The highest BCUT2D eigenvalue weighted by Gasteiger charge is 2.37. The smallest absolute Gasteiger partial charge is 0.228 e. The predicted molar refractivity (Wildman–Crippen MR) is 91.3 cm³/mol. The lowest BCUT2D eigenvalue weighted by molar-refractivity contribution is -0.135. The number of aryl methyl sites for hydroxylation is 2. The molecule has 0 N–H and O–H groups in total. The molecule has 0 saturated carbocycles. The van der Waals surface area contributed by atoms with E-state index in [4.69, 9.17) is 0 Å². The van der Waals surface area contributed by atoms with Crippen molar-refractivity contribution >= 4 is 17.5 Å². The molecule has 132 valence electrons. The minimum Gasteiger partial charge on any atom is -0.341 e. The molecule has 0 radical (unpaired) electrons. The first kappa shape index (κ1) is 17.1. The van der Waals surface area contributed by atoms with Crippen LogP contribution in [0.3, 0.4) is 0 Å². The maximum atomic E-state index is 14.2. The van der Waals surface area contributed by atoms with Gasteiger partial charge in [0, 0.05) is 45.4 Å². The van der Waals surface area contributed by atoms with E-state index in [9.17, 15) is 14.0 Å². The Morgan fingerprint density at radius 2 is 2.20 bits per heavy atom. The van der Waals surface area contributed by atoms with Gasteiger partial charge in [0.2, 0.25) is 11.8 Å². The number of rotatable bonds is 4. The number of nitrogens with zero attached hydrogens (tertiary/aromatic N) is 4. The molecular weight excluding hydrogens is 323 g/mol. The highest BCUT2D eigenvalue weighted by Crippen LogP contribution is 2.29. The van der Waals surface area contributed by atoms with Gasteiger partial charge in [0.1, 0.15) is 5.82 Å². The summed E-state index contributed by atoms with van der Waals surface area (Å²) < 4.78 is 15.8. The Morgan fingerprint density at radius 3 is 2.84 bits per heavy atom. The maximum absolute atomic E-state index is 14.2. The molecule has 0 spiro atoms. The maximum Gasteiger partial charge on any atom is 0.228 e. The third-order valence-corrected chi connectivity index (χ3v) is 4.42. The Labute approximate surface area is 145 Å². The highest BCUT2D eigenvalue weighted by molar-refractivity contribution is 6.00. The van der Waals surface area contributed by atoms with Gasteiger partial charge < -0.3 is 9.80 Å². The van der Waals surface area contributed by atoms with Crippen LogP contribution < -0.4 is 4.90 Å². The van der Waals surface area contributed by atoms with Gasteiger partial charge in [0.15, 0.2) is 0 Å². The van der Waals surface area contributed by atoms with Crippen molar-refractivity contribution in [2.45, 2.75) is 19.9 Å². The lowest BCUT2D eigenvalue weighted by atomic mass is 10.1. The van der Waals surface area contributed by atoms with Crippen LogP contribution in [-0.4, -0.2) is 40.1 Å². The average Bonchev–Trinajstić information content (AvgIpc) is 3.12. The van der Waals surface area contributed by atoms with E-state index in [0.717, 1.165) is 11.1 Å². The lowest BCUT2D eigenvalue weighted by Gasteiger charge is -2.21. The van der Waals surface area contributed by atoms with Crippen LogP contribution in [-0.2, 0) is 23.2 Å². The van der Waals surface area contributed by atoms with E-state index in [2.05, 4.69) is 5.10 Å². The van der Waals surface area contributed by atoms with Gasteiger partial charge in [-0.2, -0.15) is 5.10 Å². The first-order valence-corrected chi connectivity index (χ1v) is 8.14. The molecule has 1 aliphatic rings. The molecule has 25 heavy (non-hydrogen) atoms. The van der Waals surface area contributed by atoms with Crippen LogP contribution in [0.1, 0.15) is 17.5 Å². The minimum absolute atomic E-state index is 0.101. The number of carbonyl (C=O) groups is 2. The number of benzene rings is 1. The Bertz CT molecular complexity index is 817. The van der Waals surface area contributed by atoms with Crippen molar-refractivity contribution in [2.75, 3.05) is 18.5 Å². The van der Waals surface area contributed by atoms with E-state index in [1.165, 1.54) is 11.0 Å². The normalized spacial score (nSPS) is 17.2. The van der Waals surface area contributed by atoms with E-state index in [0.29, 0.717) is 6.54 Å².